The highest BCUT2D eigenvalue weighted by atomic mass is 19.1. The Hall–Kier alpha value is -1.37. The molecule has 108 valence electrons. The summed E-state index contributed by atoms with van der Waals surface area (Å²) in [6, 6.07) is 5.77. The van der Waals surface area contributed by atoms with E-state index in [4.69, 9.17) is 5.73 Å². The first-order valence-corrected chi connectivity index (χ1v) is 7.45. The van der Waals surface area contributed by atoms with Gasteiger partial charge in [-0.05, 0) is 49.6 Å². The van der Waals surface area contributed by atoms with E-state index in [0.29, 0.717) is 12.6 Å². The fourth-order valence-electron chi connectivity index (χ4n) is 2.39. The van der Waals surface area contributed by atoms with Crippen LogP contribution >= 0.6 is 0 Å². The Morgan fingerprint density at radius 1 is 1.35 bits per heavy atom. The molecule has 20 heavy (non-hydrogen) atoms. The molecular formula is C17H23FN2. The number of halogens is 1. The van der Waals surface area contributed by atoms with Crippen molar-refractivity contribution in [2.24, 2.45) is 5.73 Å². The van der Waals surface area contributed by atoms with Crippen LogP contribution in [0, 0.1) is 17.7 Å². The molecule has 0 radical (unpaired) electrons. The van der Waals surface area contributed by atoms with Crippen LogP contribution < -0.4 is 5.73 Å². The van der Waals surface area contributed by atoms with Gasteiger partial charge in [-0.2, -0.15) is 0 Å². The average molecular weight is 274 g/mol. The van der Waals surface area contributed by atoms with Crippen molar-refractivity contribution in [3.8, 4) is 11.8 Å². The van der Waals surface area contributed by atoms with E-state index in [-0.39, 0.29) is 5.82 Å². The van der Waals surface area contributed by atoms with Crippen molar-refractivity contribution >= 4 is 0 Å². The van der Waals surface area contributed by atoms with Crippen molar-refractivity contribution in [3.05, 3.63) is 35.1 Å². The highest BCUT2D eigenvalue weighted by molar-refractivity contribution is 5.38. The first-order chi connectivity index (χ1) is 9.72. The summed E-state index contributed by atoms with van der Waals surface area (Å²) in [4.78, 5) is 2.47. The maximum atomic E-state index is 13.7. The van der Waals surface area contributed by atoms with Gasteiger partial charge >= 0.3 is 0 Å². The van der Waals surface area contributed by atoms with Gasteiger partial charge in [0.1, 0.15) is 5.82 Å². The van der Waals surface area contributed by atoms with Crippen LogP contribution in [0.5, 0.6) is 0 Å². The van der Waals surface area contributed by atoms with Crippen LogP contribution in [-0.2, 0) is 6.54 Å². The predicted molar refractivity (Wildman–Crippen MR) is 80.7 cm³/mol. The van der Waals surface area contributed by atoms with Crippen molar-refractivity contribution in [1.29, 1.82) is 0 Å². The number of hydrogen-bond acceptors (Lipinski definition) is 2. The molecule has 0 heterocycles. The molecule has 1 fully saturated rings. The maximum Gasteiger partial charge on any atom is 0.124 e. The van der Waals surface area contributed by atoms with Gasteiger partial charge in [-0.1, -0.05) is 25.2 Å². The molecule has 0 unspecified atom stereocenters. The molecule has 1 aromatic rings. The molecule has 2 nitrogen and oxygen atoms in total. The Morgan fingerprint density at radius 2 is 2.15 bits per heavy atom. The summed E-state index contributed by atoms with van der Waals surface area (Å²) in [5.41, 5.74) is 7.09. The number of rotatable bonds is 6. The molecule has 0 spiro atoms. The summed E-state index contributed by atoms with van der Waals surface area (Å²) in [6.45, 7) is 4.42. The highest BCUT2D eigenvalue weighted by Crippen LogP contribution is 2.28. The third-order valence-corrected chi connectivity index (χ3v) is 3.54. The van der Waals surface area contributed by atoms with E-state index in [1.54, 1.807) is 6.07 Å². The molecule has 0 aromatic heterocycles. The zero-order valence-electron chi connectivity index (χ0n) is 12.2. The van der Waals surface area contributed by atoms with E-state index in [1.807, 2.05) is 6.07 Å². The summed E-state index contributed by atoms with van der Waals surface area (Å²) >= 11 is 0. The lowest BCUT2D eigenvalue weighted by atomic mass is 10.1. The van der Waals surface area contributed by atoms with Crippen molar-refractivity contribution in [2.45, 2.75) is 45.2 Å². The van der Waals surface area contributed by atoms with Crippen LogP contribution in [0.15, 0.2) is 18.2 Å². The molecule has 0 saturated heterocycles. The lowest BCUT2D eigenvalue weighted by molar-refractivity contribution is 0.250. The quantitative estimate of drug-likeness (QED) is 0.808. The Morgan fingerprint density at radius 3 is 2.80 bits per heavy atom. The Kier molecular flexibility index (Phi) is 5.58. The summed E-state index contributed by atoms with van der Waals surface area (Å²) in [7, 11) is 0. The van der Waals surface area contributed by atoms with Crippen LogP contribution in [0.1, 0.15) is 43.7 Å². The van der Waals surface area contributed by atoms with Gasteiger partial charge in [-0.15, -0.1) is 0 Å². The van der Waals surface area contributed by atoms with Gasteiger partial charge in [0.25, 0.3) is 0 Å². The number of hydrogen-bond donors (Lipinski definition) is 1. The maximum absolute atomic E-state index is 13.7. The molecule has 1 saturated carbocycles. The van der Waals surface area contributed by atoms with Crippen LogP contribution in [-0.4, -0.2) is 24.0 Å². The molecule has 3 heteroatoms. The van der Waals surface area contributed by atoms with E-state index >= 15 is 0 Å². The van der Waals surface area contributed by atoms with E-state index in [2.05, 4.69) is 23.7 Å². The van der Waals surface area contributed by atoms with E-state index in [0.717, 1.165) is 24.2 Å². The minimum atomic E-state index is -0.213. The van der Waals surface area contributed by atoms with Gasteiger partial charge in [0.15, 0.2) is 0 Å². The SMILES string of the molecule is CCCCN(Cc1cc(F)cc(C#CCN)c1)C1CC1. The number of benzene rings is 1. The third kappa shape index (κ3) is 4.63. The summed E-state index contributed by atoms with van der Waals surface area (Å²) in [6.07, 6.45) is 4.95. The molecular weight excluding hydrogens is 251 g/mol. The smallest absolute Gasteiger partial charge is 0.124 e. The standard InChI is InChI=1S/C17H23FN2/c1-2-3-9-20(17-6-7-17)13-15-10-14(5-4-8-19)11-16(18)12-15/h10-12,17H,2-3,6-9,13,19H2,1H3. The van der Waals surface area contributed by atoms with E-state index < -0.39 is 0 Å². The van der Waals surface area contributed by atoms with E-state index in [9.17, 15) is 4.39 Å². The Bertz CT molecular complexity index is 497. The topological polar surface area (TPSA) is 29.3 Å². The minimum absolute atomic E-state index is 0.213. The Labute approximate surface area is 121 Å². The first kappa shape index (κ1) is 15.0. The van der Waals surface area contributed by atoms with Crippen LogP contribution in [0.2, 0.25) is 0 Å². The average Bonchev–Trinajstić information content (AvgIpc) is 3.25. The highest BCUT2D eigenvalue weighted by Gasteiger charge is 2.28. The molecule has 0 atom stereocenters. The number of unbranched alkanes of at least 4 members (excludes halogenated alkanes) is 1. The van der Waals surface area contributed by atoms with Gasteiger partial charge in [-0.25, -0.2) is 4.39 Å². The molecule has 1 aromatic carbocycles. The largest absolute Gasteiger partial charge is 0.320 e. The molecule has 1 aliphatic rings. The van der Waals surface area contributed by atoms with Gasteiger partial charge < -0.3 is 5.73 Å². The fourth-order valence-corrected chi connectivity index (χ4v) is 2.39. The summed E-state index contributed by atoms with van der Waals surface area (Å²) in [5, 5.41) is 0. The number of nitrogens with zero attached hydrogens (tertiary/aromatic N) is 1. The van der Waals surface area contributed by atoms with Crippen molar-refractivity contribution in [2.75, 3.05) is 13.1 Å². The van der Waals surface area contributed by atoms with Crippen molar-refractivity contribution in [3.63, 3.8) is 0 Å². The number of nitrogens with two attached hydrogens (primary N) is 1. The van der Waals surface area contributed by atoms with Gasteiger partial charge in [-0.3, -0.25) is 4.90 Å². The monoisotopic (exact) mass is 274 g/mol. The molecule has 2 rings (SSSR count). The predicted octanol–water partition coefficient (Wildman–Crippen LogP) is 2.90. The Balaban J connectivity index is 2.08. The van der Waals surface area contributed by atoms with Crippen molar-refractivity contribution in [1.82, 2.24) is 4.90 Å². The molecule has 1 aliphatic carbocycles. The minimum Gasteiger partial charge on any atom is -0.320 e. The lowest BCUT2D eigenvalue weighted by Crippen LogP contribution is -2.26. The lowest BCUT2D eigenvalue weighted by Gasteiger charge is -2.22. The molecule has 0 amide bonds. The second-order valence-corrected chi connectivity index (χ2v) is 5.41. The van der Waals surface area contributed by atoms with Crippen LogP contribution in [0.3, 0.4) is 0 Å². The second kappa shape index (κ2) is 7.42. The fraction of sp³-hybridized carbons (Fsp3) is 0.529. The first-order valence-electron chi connectivity index (χ1n) is 7.45. The zero-order valence-corrected chi connectivity index (χ0v) is 12.2. The zero-order chi connectivity index (χ0) is 14.4. The van der Waals surface area contributed by atoms with Crippen LogP contribution in [0.25, 0.3) is 0 Å². The molecule has 2 N–H and O–H groups in total. The molecule has 0 bridgehead atoms. The van der Waals surface area contributed by atoms with Crippen LogP contribution in [0.4, 0.5) is 4.39 Å². The van der Waals surface area contributed by atoms with Gasteiger partial charge in [0.2, 0.25) is 0 Å². The normalized spacial score (nSPS) is 14.2. The third-order valence-electron chi connectivity index (χ3n) is 3.54. The van der Waals surface area contributed by atoms with E-state index in [1.165, 1.54) is 31.7 Å². The van der Waals surface area contributed by atoms with Gasteiger partial charge in [0, 0.05) is 18.2 Å². The van der Waals surface area contributed by atoms with Crippen molar-refractivity contribution < 1.29 is 4.39 Å². The summed E-state index contributed by atoms with van der Waals surface area (Å²) in [5.74, 6) is 5.48. The van der Waals surface area contributed by atoms with Gasteiger partial charge in [0.05, 0.1) is 6.54 Å². The molecule has 0 aliphatic heterocycles. The summed E-state index contributed by atoms with van der Waals surface area (Å²) < 4.78 is 13.7. The second-order valence-electron chi connectivity index (χ2n) is 5.41.